The van der Waals surface area contributed by atoms with E-state index in [9.17, 15) is 18.8 Å². The molecule has 7 rings (SSSR count). The number of benzene rings is 3. The number of rotatable bonds is 4. The zero-order valence-electron chi connectivity index (χ0n) is 20.0. The quantitative estimate of drug-likeness (QED) is 0.359. The monoisotopic (exact) mass is 536 g/mol. The minimum absolute atomic E-state index is 0.357. The van der Waals surface area contributed by atoms with Gasteiger partial charge in [0.15, 0.2) is 0 Å². The molecule has 0 saturated carbocycles. The van der Waals surface area contributed by atoms with Crippen LogP contribution in [0.25, 0.3) is 0 Å². The summed E-state index contributed by atoms with van der Waals surface area (Å²) in [4.78, 5) is 40.3. The molecule has 5 nitrogen and oxygen atoms in total. The third-order valence-corrected chi connectivity index (χ3v) is 9.19. The van der Waals surface area contributed by atoms with Crippen molar-refractivity contribution in [2.24, 2.45) is 17.8 Å². The lowest BCUT2D eigenvalue weighted by Crippen LogP contribution is -2.57. The fourth-order valence-corrected chi connectivity index (χ4v) is 7.53. The Morgan fingerprint density at radius 2 is 1.22 bits per heavy atom. The lowest BCUT2D eigenvalue weighted by molar-refractivity contribution is -0.148. The Morgan fingerprint density at radius 1 is 0.811 bits per heavy atom. The Balaban J connectivity index is 1.48. The van der Waals surface area contributed by atoms with Crippen molar-refractivity contribution in [3.05, 3.63) is 101 Å². The minimum atomic E-state index is -1.31. The van der Waals surface area contributed by atoms with Crippen LogP contribution >= 0.6 is 23.2 Å². The van der Waals surface area contributed by atoms with Gasteiger partial charge in [0, 0.05) is 5.69 Å². The molecule has 1 saturated heterocycles. The number of alkyl halides is 2. The molecule has 4 aliphatic rings. The summed E-state index contributed by atoms with van der Waals surface area (Å²) in [5, 5.41) is 2.72. The number of nitrogens with zero attached hydrogens (tertiary/aromatic N) is 1. The summed E-state index contributed by atoms with van der Waals surface area (Å²) in [6.45, 7) is 3.53. The van der Waals surface area contributed by atoms with Crippen molar-refractivity contribution >= 4 is 46.6 Å². The summed E-state index contributed by atoms with van der Waals surface area (Å²) in [5.74, 6) is -4.40. The SMILES string of the molecule is CC(C)[C@@H](C(=O)Nc1ccc(F)cc1)N1C(=O)[C@H]2[C@H](C1=O)C1(Cl)c3ccccc3C2(Cl)c2ccccc21. The van der Waals surface area contributed by atoms with E-state index in [1.54, 1.807) is 13.8 Å². The number of amides is 3. The molecule has 188 valence electrons. The van der Waals surface area contributed by atoms with Crippen molar-refractivity contribution in [1.29, 1.82) is 0 Å². The van der Waals surface area contributed by atoms with E-state index in [0.29, 0.717) is 27.9 Å². The second-order valence-corrected chi connectivity index (χ2v) is 11.4. The van der Waals surface area contributed by atoms with Crippen LogP contribution in [-0.2, 0) is 24.1 Å². The number of carbonyl (C=O) groups is 3. The smallest absolute Gasteiger partial charge is 0.247 e. The van der Waals surface area contributed by atoms with Crippen LogP contribution in [-0.4, -0.2) is 28.7 Å². The molecule has 0 aromatic heterocycles. The van der Waals surface area contributed by atoms with Gasteiger partial charge in [0.1, 0.15) is 21.6 Å². The third-order valence-electron chi connectivity index (χ3n) is 7.91. The highest BCUT2D eigenvalue weighted by Crippen LogP contribution is 2.69. The van der Waals surface area contributed by atoms with Crippen molar-refractivity contribution in [3.63, 3.8) is 0 Å². The zero-order valence-corrected chi connectivity index (χ0v) is 21.6. The molecule has 3 aromatic carbocycles. The molecule has 37 heavy (non-hydrogen) atoms. The maximum absolute atomic E-state index is 14.2. The fraction of sp³-hybridized carbons (Fsp3) is 0.276. The third kappa shape index (κ3) is 3.06. The van der Waals surface area contributed by atoms with E-state index in [1.807, 2.05) is 48.5 Å². The Bertz CT molecular complexity index is 1350. The predicted molar refractivity (Wildman–Crippen MR) is 139 cm³/mol. The van der Waals surface area contributed by atoms with E-state index in [2.05, 4.69) is 5.32 Å². The number of nitrogens with one attached hydrogen (secondary N) is 1. The van der Waals surface area contributed by atoms with Gasteiger partial charge < -0.3 is 5.32 Å². The standard InChI is InChI=1S/C29H23Cl2FN2O3/c1-15(2)24(25(35)33-17-13-11-16(32)12-14-17)34-26(36)22-23(27(34)37)29(31)19-8-4-3-7-18(19)28(22,30)20-9-5-6-10-21(20)29/h3-15,22-24H,1-2H3,(H,33,35)/t22-,23-,24+,28?,29?/m1/s1. The molecule has 8 heteroatoms. The molecule has 3 atom stereocenters. The van der Waals surface area contributed by atoms with Gasteiger partial charge in [-0.05, 0) is 52.4 Å². The molecule has 1 N–H and O–H groups in total. The van der Waals surface area contributed by atoms with Crippen molar-refractivity contribution in [1.82, 2.24) is 4.90 Å². The zero-order chi connectivity index (χ0) is 26.3. The normalized spacial score (nSPS) is 28.1. The number of anilines is 1. The summed E-state index contributed by atoms with van der Waals surface area (Å²) < 4.78 is 13.4. The summed E-state index contributed by atoms with van der Waals surface area (Å²) in [7, 11) is 0. The average molecular weight is 537 g/mol. The predicted octanol–water partition coefficient (Wildman–Crippen LogP) is 5.38. The van der Waals surface area contributed by atoms with E-state index in [0.717, 1.165) is 4.90 Å². The highest BCUT2D eigenvalue weighted by Gasteiger charge is 2.73. The van der Waals surface area contributed by atoms with Gasteiger partial charge in [0.2, 0.25) is 17.7 Å². The second kappa shape index (κ2) is 8.14. The van der Waals surface area contributed by atoms with Crippen LogP contribution in [0.5, 0.6) is 0 Å². The second-order valence-electron chi connectivity index (χ2n) is 10.2. The van der Waals surface area contributed by atoms with Crippen LogP contribution in [0.15, 0.2) is 72.8 Å². The molecule has 3 aliphatic carbocycles. The number of hydrogen-bond donors (Lipinski definition) is 1. The van der Waals surface area contributed by atoms with Crippen LogP contribution in [0, 0.1) is 23.6 Å². The maximum Gasteiger partial charge on any atom is 0.247 e. The highest BCUT2D eigenvalue weighted by atomic mass is 35.5. The Hall–Kier alpha value is -3.22. The number of likely N-dealkylation sites (tertiary alicyclic amines) is 1. The Kier molecular flexibility index (Phi) is 5.31. The molecule has 1 heterocycles. The first-order chi connectivity index (χ1) is 17.6. The van der Waals surface area contributed by atoms with Gasteiger partial charge in [-0.1, -0.05) is 62.4 Å². The van der Waals surface area contributed by atoms with Gasteiger partial charge in [0.25, 0.3) is 0 Å². The molecule has 3 aromatic rings. The maximum atomic E-state index is 14.2. The summed E-state index contributed by atoms with van der Waals surface area (Å²) in [6.07, 6.45) is 0. The van der Waals surface area contributed by atoms with Gasteiger partial charge in [-0.2, -0.15) is 0 Å². The number of carbonyl (C=O) groups excluding carboxylic acids is 3. The van der Waals surface area contributed by atoms with E-state index in [-0.39, 0.29) is 0 Å². The number of imide groups is 1. The molecule has 0 radical (unpaired) electrons. The lowest BCUT2D eigenvalue weighted by Gasteiger charge is -2.54. The van der Waals surface area contributed by atoms with E-state index in [4.69, 9.17) is 23.2 Å². The van der Waals surface area contributed by atoms with Gasteiger partial charge in [-0.15, -0.1) is 23.2 Å². The first-order valence-electron chi connectivity index (χ1n) is 12.1. The van der Waals surface area contributed by atoms with Gasteiger partial charge in [-0.25, -0.2) is 4.39 Å². The molecule has 2 bridgehead atoms. The molecule has 0 unspecified atom stereocenters. The Morgan fingerprint density at radius 3 is 1.59 bits per heavy atom. The summed E-state index contributed by atoms with van der Waals surface area (Å²) in [5.41, 5.74) is 3.16. The highest BCUT2D eigenvalue weighted by molar-refractivity contribution is 6.36. The topological polar surface area (TPSA) is 66.5 Å². The average Bonchev–Trinajstić information content (AvgIpc) is 3.15. The van der Waals surface area contributed by atoms with E-state index in [1.165, 1.54) is 24.3 Å². The van der Waals surface area contributed by atoms with Gasteiger partial charge >= 0.3 is 0 Å². The van der Waals surface area contributed by atoms with Crippen LogP contribution in [0.2, 0.25) is 0 Å². The first-order valence-corrected chi connectivity index (χ1v) is 12.9. The van der Waals surface area contributed by atoms with Crippen LogP contribution in [0.4, 0.5) is 10.1 Å². The van der Waals surface area contributed by atoms with Gasteiger partial charge in [-0.3, -0.25) is 19.3 Å². The lowest BCUT2D eigenvalue weighted by atomic mass is 9.54. The van der Waals surface area contributed by atoms with Gasteiger partial charge in [0.05, 0.1) is 11.8 Å². The van der Waals surface area contributed by atoms with E-state index < -0.39 is 57.1 Å². The van der Waals surface area contributed by atoms with Crippen molar-refractivity contribution in [2.75, 3.05) is 5.32 Å². The first kappa shape index (κ1) is 24.1. The molecule has 0 spiro atoms. The largest absolute Gasteiger partial charge is 0.324 e. The van der Waals surface area contributed by atoms with Crippen LogP contribution < -0.4 is 5.32 Å². The molecule has 3 amide bonds. The van der Waals surface area contributed by atoms with E-state index >= 15 is 0 Å². The molecular weight excluding hydrogens is 514 g/mol. The summed E-state index contributed by atoms with van der Waals surface area (Å²) >= 11 is 14.9. The number of hydrogen-bond acceptors (Lipinski definition) is 3. The molecule has 1 aliphatic heterocycles. The molecular formula is C29H23Cl2FN2O3. The Labute approximate surface area is 223 Å². The van der Waals surface area contributed by atoms with Crippen molar-refractivity contribution in [2.45, 2.75) is 29.6 Å². The van der Waals surface area contributed by atoms with Crippen molar-refractivity contribution in [3.8, 4) is 0 Å². The van der Waals surface area contributed by atoms with Crippen molar-refractivity contribution < 1.29 is 18.8 Å². The van der Waals surface area contributed by atoms with Crippen LogP contribution in [0.3, 0.4) is 0 Å². The fourth-order valence-electron chi connectivity index (χ4n) is 6.43. The minimum Gasteiger partial charge on any atom is -0.324 e. The van der Waals surface area contributed by atoms with Crippen LogP contribution in [0.1, 0.15) is 36.1 Å². The number of halogens is 3. The summed E-state index contributed by atoms with van der Waals surface area (Å²) in [6, 6.07) is 19.0. The molecule has 1 fully saturated rings.